The summed E-state index contributed by atoms with van der Waals surface area (Å²) in [7, 11) is 0. The van der Waals surface area contributed by atoms with Crippen LogP contribution in [-0.4, -0.2) is 26.9 Å². The first-order valence-corrected chi connectivity index (χ1v) is 9.99. The number of carbonyl (C=O) groups excluding carboxylic acids is 1. The predicted octanol–water partition coefficient (Wildman–Crippen LogP) is 4.36. The molecule has 1 aliphatic rings. The zero-order chi connectivity index (χ0) is 21.3. The number of halogens is 1. The van der Waals surface area contributed by atoms with Crippen LogP contribution in [-0.2, 0) is 6.54 Å². The molecule has 1 unspecified atom stereocenters. The third kappa shape index (κ3) is 3.77. The molecule has 30 heavy (non-hydrogen) atoms. The molecule has 3 aromatic rings. The van der Waals surface area contributed by atoms with Crippen LogP contribution in [0.25, 0.3) is 0 Å². The number of carboxylic acids is 1. The van der Waals surface area contributed by atoms with E-state index in [2.05, 4.69) is 20.9 Å². The molecule has 0 fully saturated rings. The highest BCUT2D eigenvalue weighted by atomic mass is 79.9. The van der Waals surface area contributed by atoms with E-state index in [-0.39, 0.29) is 16.7 Å². The average molecular weight is 465 g/mol. The maximum atomic E-state index is 13.3. The zero-order valence-electron chi connectivity index (χ0n) is 15.7. The zero-order valence-corrected chi connectivity index (χ0v) is 17.3. The lowest BCUT2D eigenvalue weighted by atomic mass is 9.89. The first kappa shape index (κ1) is 20.0. The van der Waals surface area contributed by atoms with Gasteiger partial charge in [-0.1, -0.05) is 42.5 Å². The molecule has 0 saturated carbocycles. The van der Waals surface area contributed by atoms with E-state index in [9.17, 15) is 19.8 Å². The number of aromatic nitrogens is 1. The molecule has 6 nitrogen and oxygen atoms in total. The number of aromatic carboxylic acids is 1. The van der Waals surface area contributed by atoms with Gasteiger partial charge in [0.15, 0.2) is 5.78 Å². The highest BCUT2D eigenvalue weighted by Crippen LogP contribution is 2.38. The molecule has 0 radical (unpaired) electrons. The molecule has 7 heteroatoms. The Morgan fingerprint density at radius 2 is 1.67 bits per heavy atom. The Kier molecular flexibility index (Phi) is 5.48. The maximum Gasteiger partial charge on any atom is 0.336 e. The number of hydrogen-bond acceptors (Lipinski definition) is 5. The Bertz CT molecular complexity index is 1180. The number of carboxylic acid groups (broad SMARTS) is 1. The Balaban J connectivity index is 1.78. The van der Waals surface area contributed by atoms with Gasteiger partial charge in [-0.3, -0.25) is 4.79 Å². The number of anilines is 1. The highest BCUT2D eigenvalue weighted by Gasteiger charge is 2.31. The molecule has 0 aliphatic carbocycles. The number of carbonyl (C=O) groups is 2. The topological polar surface area (TPSA) is 90.7 Å². The fourth-order valence-electron chi connectivity index (χ4n) is 3.51. The van der Waals surface area contributed by atoms with Gasteiger partial charge in [-0.2, -0.15) is 0 Å². The van der Waals surface area contributed by atoms with Crippen LogP contribution in [0.15, 0.2) is 83.1 Å². The van der Waals surface area contributed by atoms with Gasteiger partial charge in [0, 0.05) is 28.6 Å². The van der Waals surface area contributed by atoms with Gasteiger partial charge < -0.3 is 15.1 Å². The van der Waals surface area contributed by atoms with E-state index in [0.717, 1.165) is 11.4 Å². The Morgan fingerprint density at radius 1 is 0.967 bits per heavy atom. The van der Waals surface area contributed by atoms with Crippen molar-refractivity contribution >= 4 is 33.4 Å². The SMILES string of the molecule is O=C(O)c1ccccc1C(=O)C1=CN(Cc2cccc(Br)n2)c2ccccc2C1O. The summed E-state index contributed by atoms with van der Waals surface area (Å²) in [5.74, 6) is -1.72. The van der Waals surface area contributed by atoms with Crippen molar-refractivity contribution in [3.05, 3.63) is 105 Å². The molecule has 1 aliphatic heterocycles. The third-order valence-electron chi connectivity index (χ3n) is 4.90. The summed E-state index contributed by atoms with van der Waals surface area (Å²) < 4.78 is 0.695. The molecule has 1 atom stereocenters. The van der Waals surface area contributed by atoms with Crippen LogP contribution in [0.2, 0.25) is 0 Å². The molecule has 0 spiro atoms. The number of nitrogens with zero attached hydrogens (tertiary/aromatic N) is 2. The van der Waals surface area contributed by atoms with Crippen LogP contribution < -0.4 is 4.90 Å². The molecule has 1 aromatic heterocycles. The van der Waals surface area contributed by atoms with E-state index in [1.165, 1.54) is 12.1 Å². The third-order valence-corrected chi connectivity index (χ3v) is 5.34. The number of aliphatic hydroxyl groups is 1. The minimum absolute atomic E-state index is 0.0372. The fourth-order valence-corrected chi connectivity index (χ4v) is 3.89. The molecular formula is C23H17BrN2O4. The normalized spacial score (nSPS) is 15.3. The van der Waals surface area contributed by atoms with Crippen molar-refractivity contribution in [3.8, 4) is 0 Å². The standard InChI is InChI=1S/C23H17BrN2O4/c24-20-11-5-6-14(25-20)12-26-13-18(22(28)17-9-3-4-10-19(17)26)21(27)15-7-1-2-8-16(15)23(29)30/h1-11,13,22,28H,12H2,(H,29,30). The van der Waals surface area contributed by atoms with E-state index in [1.807, 2.05) is 35.2 Å². The smallest absolute Gasteiger partial charge is 0.336 e. The predicted molar refractivity (Wildman–Crippen MR) is 115 cm³/mol. The lowest BCUT2D eigenvalue weighted by Gasteiger charge is -2.32. The quantitative estimate of drug-likeness (QED) is 0.430. The summed E-state index contributed by atoms with van der Waals surface area (Å²) in [6.45, 7) is 0.376. The van der Waals surface area contributed by atoms with Crippen molar-refractivity contribution in [3.63, 3.8) is 0 Å². The van der Waals surface area contributed by atoms with Crippen LogP contribution >= 0.6 is 15.9 Å². The lowest BCUT2D eigenvalue weighted by molar-refractivity contribution is 0.0692. The number of pyridine rings is 1. The van der Waals surface area contributed by atoms with Crippen LogP contribution in [0.4, 0.5) is 5.69 Å². The monoisotopic (exact) mass is 464 g/mol. The molecule has 0 bridgehead atoms. The second-order valence-electron chi connectivity index (χ2n) is 6.81. The van der Waals surface area contributed by atoms with Gasteiger partial charge >= 0.3 is 5.97 Å². The van der Waals surface area contributed by atoms with Gasteiger partial charge in [0.25, 0.3) is 0 Å². The Morgan fingerprint density at radius 3 is 2.40 bits per heavy atom. The van der Waals surface area contributed by atoms with Gasteiger partial charge in [-0.05, 0) is 40.2 Å². The maximum absolute atomic E-state index is 13.3. The Labute approximate surface area is 181 Å². The molecule has 2 aromatic carbocycles. The van der Waals surface area contributed by atoms with Crippen molar-refractivity contribution in [2.45, 2.75) is 12.6 Å². The second-order valence-corrected chi connectivity index (χ2v) is 7.62. The number of fused-ring (bicyclic) bond motifs is 1. The molecular weight excluding hydrogens is 448 g/mol. The Hall–Kier alpha value is -3.29. The van der Waals surface area contributed by atoms with Gasteiger partial charge in [0.05, 0.1) is 17.8 Å². The first-order valence-electron chi connectivity index (χ1n) is 9.19. The number of hydrogen-bond donors (Lipinski definition) is 2. The van der Waals surface area contributed by atoms with Crippen molar-refractivity contribution < 1.29 is 19.8 Å². The molecule has 4 rings (SSSR count). The summed E-state index contributed by atoms with van der Waals surface area (Å²) in [6, 6.07) is 18.8. The van der Waals surface area contributed by atoms with Gasteiger partial charge in [0.1, 0.15) is 10.7 Å². The number of para-hydroxylation sites is 1. The summed E-state index contributed by atoms with van der Waals surface area (Å²) in [5.41, 5.74) is 2.15. The van der Waals surface area contributed by atoms with E-state index < -0.39 is 17.9 Å². The minimum Gasteiger partial charge on any atom is -0.478 e. The first-order chi connectivity index (χ1) is 14.5. The highest BCUT2D eigenvalue weighted by molar-refractivity contribution is 9.10. The largest absolute Gasteiger partial charge is 0.478 e. The summed E-state index contributed by atoms with van der Waals surface area (Å²) in [4.78, 5) is 31.1. The van der Waals surface area contributed by atoms with Crippen molar-refractivity contribution in [2.24, 2.45) is 0 Å². The van der Waals surface area contributed by atoms with Gasteiger partial charge in [0.2, 0.25) is 0 Å². The van der Waals surface area contributed by atoms with Gasteiger partial charge in [-0.15, -0.1) is 0 Å². The molecule has 2 N–H and O–H groups in total. The number of ketones is 1. The number of aliphatic hydroxyl groups excluding tert-OH is 1. The van der Waals surface area contributed by atoms with Crippen LogP contribution in [0.3, 0.4) is 0 Å². The average Bonchev–Trinajstić information content (AvgIpc) is 2.75. The van der Waals surface area contributed by atoms with Crippen molar-refractivity contribution in [1.82, 2.24) is 4.98 Å². The minimum atomic E-state index is -1.19. The molecule has 150 valence electrons. The summed E-state index contributed by atoms with van der Waals surface area (Å²) in [5, 5.41) is 20.4. The van der Waals surface area contributed by atoms with Gasteiger partial charge in [-0.25, -0.2) is 9.78 Å². The van der Waals surface area contributed by atoms with Crippen molar-refractivity contribution in [2.75, 3.05) is 4.90 Å². The van der Waals surface area contributed by atoms with E-state index in [1.54, 1.807) is 30.5 Å². The summed E-state index contributed by atoms with van der Waals surface area (Å²) in [6.07, 6.45) is 0.415. The van der Waals surface area contributed by atoms with Crippen LogP contribution in [0, 0.1) is 0 Å². The van der Waals surface area contributed by atoms with Crippen molar-refractivity contribution in [1.29, 1.82) is 0 Å². The number of rotatable bonds is 5. The molecule has 0 saturated heterocycles. The second kappa shape index (κ2) is 8.22. The fraction of sp³-hybridized carbons (Fsp3) is 0.0870. The molecule has 0 amide bonds. The van der Waals surface area contributed by atoms with E-state index in [4.69, 9.17) is 0 Å². The van der Waals surface area contributed by atoms with E-state index in [0.29, 0.717) is 16.7 Å². The molecule has 2 heterocycles. The number of benzene rings is 2. The van der Waals surface area contributed by atoms with Crippen LogP contribution in [0.1, 0.15) is 38.1 Å². The van der Waals surface area contributed by atoms with E-state index >= 15 is 0 Å². The summed E-state index contributed by atoms with van der Waals surface area (Å²) >= 11 is 3.36. The van der Waals surface area contributed by atoms with Crippen LogP contribution in [0.5, 0.6) is 0 Å². The lowest BCUT2D eigenvalue weighted by Crippen LogP contribution is -2.28. The number of Topliss-reactive ketones (excluding diaryl/α,β-unsaturated/α-hetero) is 1.